The summed E-state index contributed by atoms with van der Waals surface area (Å²) in [5, 5.41) is 13.6. The van der Waals surface area contributed by atoms with Crippen LogP contribution in [0.5, 0.6) is 0 Å². The number of carboxylic acids is 1. The van der Waals surface area contributed by atoms with Crippen LogP contribution in [0.3, 0.4) is 0 Å². The molecule has 22 heavy (non-hydrogen) atoms. The van der Waals surface area contributed by atoms with Crippen molar-refractivity contribution in [2.75, 3.05) is 6.54 Å². The molecule has 7 heteroatoms. The lowest BCUT2D eigenvalue weighted by Gasteiger charge is -2.32. The first-order valence-corrected chi connectivity index (χ1v) is 7.54. The highest BCUT2D eigenvalue weighted by Crippen LogP contribution is 2.20. The maximum absolute atomic E-state index is 12.6. The number of carbonyl (C=O) groups excluding carboxylic acids is 3. The molecule has 1 N–H and O–H groups in total. The van der Waals surface area contributed by atoms with E-state index in [0.29, 0.717) is 19.4 Å². The lowest BCUT2D eigenvalue weighted by Crippen LogP contribution is -2.56. The average molecular weight is 313 g/mol. The van der Waals surface area contributed by atoms with E-state index in [9.17, 15) is 19.5 Å². The first kappa shape index (κ1) is 18.3. The Balaban J connectivity index is 2.80. The van der Waals surface area contributed by atoms with E-state index in [2.05, 4.69) is 5.32 Å². The molecule has 2 amide bonds. The maximum Gasteiger partial charge on any atom is 0.408 e. The molecule has 0 aromatic rings. The number of hydrogen-bond acceptors (Lipinski definition) is 5. The predicted octanol–water partition coefficient (Wildman–Crippen LogP) is 0.277. The van der Waals surface area contributed by atoms with Gasteiger partial charge in [-0.05, 0) is 39.5 Å². The van der Waals surface area contributed by atoms with Crippen molar-refractivity contribution < 1.29 is 24.2 Å². The second-order valence-electron chi connectivity index (χ2n) is 6.88. The minimum Gasteiger partial charge on any atom is -0.548 e. The first-order chi connectivity index (χ1) is 10.0. The third-order valence-electron chi connectivity index (χ3n) is 3.41. The van der Waals surface area contributed by atoms with Crippen molar-refractivity contribution in [1.29, 1.82) is 0 Å². The van der Waals surface area contributed by atoms with E-state index in [-0.39, 0.29) is 5.92 Å². The van der Waals surface area contributed by atoms with Gasteiger partial charge in [0.15, 0.2) is 0 Å². The van der Waals surface area contributed by atoms with Gasteiger partial charge in [0, 0.05) is 6.54 Å². The van der Waals surface area contributed by atoms with Gasteiger partial charge in [-0.2, -0.15) is 0 Å². The number of hydrogen-bond donors (Lipinski definition) is 1. The number of aliphatic carboxylic acids is 1. The van der Waals surface area contributed by atoms with Crippen molar-refractivity contribution in [3.8, 4) is 0 Å². The predicted molar refractivity (Wildman–Crippen MR) is 77.7 cm³/mol. The molecular formula is C15H25N2O5-. The Morgan fingerprint density at radius 1 is 1.27 bits per heavy atom. The third-order valence-corrected chi connectivity index (χ3v) is 3.41. The molecule has 0 radical (unpaired) electrons. The van der Waals surface area contributed by atoms with Gasteiger partial charge in [-0.25, -0.2) is 4.79 Å². The number of alkyl carbamates (subject to hydrolysis) is 1. The fourth-order valence-electron chi connectivity index (χ4n) is 2.40. The van der Waals surface area contributed by atoms with E-state index in [1.54, 1.807) is 34.6 Å². The molecule has 1 fully saturated rings. The average Bonchev–Trinajstić information content (AvgIpc) is 2.81. The van der Waals surface area contributed by atoms with Crippen LogP contribution in [0, 0.1) is 5.92 Å². The summed E-state index contributed by atoms with van der Waals surface area (Å²) >= 11 is 0. The van der Waals surface area contributed by atoms with Crippen LogP contribution in [-0.2, 0) is 14.3 Å². The number of amides is 2. The largest absolute Gasteiger partial charge is 0.548 e. The lowest BCUT2D eigenvalue weighted by atomic mass is 10.0. The maximum atomic E-state index is 12.6. The van der Waals surface area contributed by atoms with Gasteiger partial charge in [0.1, 0.15) is 11.6 Å². The second-order valence-corrected chi connectivity index (χ2v) is 6.88. The van der Waals surface area contributed by atoms with E-state index in [4.69, 9.17) is 4.74 Å². The van der Waals surface area contributed by atoms with Crippen LogP contribution in [0.1, 0.15) is 47.5 Å². The fourth-order valence-corrected chi connectivity index (χ4v) is 2.40. The third kappa shape index (κ3) is 4.89. The zero-order chi connectivity index (χ0) is 17.1. The summed E-state index contributed by atoms with van der Waals surface area (Å²) in [5.74, 6) is -1.86. The van der Waals surface area contributed by atoms with Crippen molar-refractivity contribution in [3.05, 3.63) is 0 Å². The van der Waals surface area contributed by atoms with Crippen molar-refractivity contribution in [1.82, 2.24) is 10.2 Å². The van der Waals surface area contributed by atoms with Gasteiger partial charge in [0.05, 0.1) is 12.0 Å². The summed E-state index contributed by atoms with van der Waals surface area (Å²) in [7, 11) is 0. The number of carboxylic acid groups (broad SMARTS) is 1. The monoisotopic (exact) mass is 313 g/mol. The van der Waals surface area contributed by atoms with Gasteiger partial charge >= 0.3 is 6.09 Å². The van der Waals surface area contributed by atoms with Crippen LogP contribution in [0.4, 0.5) is 4.79 Å². The summed E-state index contributed by atoms with van der Waals surface area (Å²) in [6.07, 6.45) is 0.302. The van der Waals surface area contributed by atoms with Crippen LogP contribution in [-0.4, -0.2) is 47.1 Å². The number of nitrogens with one attached hydrogen (secondary N) is 1. The minimum atomic E-state index is -1.26. The summed E-state index contributed by atoms with van der Waals surface area (Å²) in [4.78, 5) is 36.8. The van der Waals surface area contributed by atoms with Gasteiger partial charge in [-0.1, -0.05) is 13.8 Å². The summed E-state index contributed by atoms with van der Waals surface area (Å²) in [5.41, 5.74) is -0.671. The van der Waals surface area contributed by atoms with E-state index in [1.807, 2.05) is 0 Å². The van der Waals surface area contributed by atoms with E-state index in [1.165, 1.54) is 4.90 Å². The van der Waals surface area contributed by atoms with E-state index >= 15 is 0 Å². The lowest BCUT2D eigenvalue weighted by molar-refractivity contribution is -0.310. The Kier molecular flexibility index (Phi) is 5.79. The second kappa shape index (κ2) is 6.98. The molecule has 0 saturated carbocycles. The van der Waals surface area contributed by atoms with E-state index in [0.717, 1.165) is 0 Å². The molecule has 2 atom stereocenters. The molecule has 0 spiro atoms. The van der Waals surface area contributed by atoms with Crippen molar-refractivity contribution in [3.63, 3.8) is 0 Å². The van der Waals surface area contributed by atoms with Gasteiger partial charge in [-0.15, -0.1) is 0 Å². The van der Waals surface area contributed by atoms with Crippen molar-refractivity contribution >= 4 is 18.0 Å². The standard InChI is InChI=1S/C15H26N2O5/c1-9(2)11(16-14(21)22-15(3,4)5)12(18)17-8-6-7-10(17)13(19)20/h9-11H,6-8H2,1-5H3,(H,16,21)(H,19,20)/p-1/t10-,11+/m1/s1. The van der Waals surface area contributed by atoms with Crippen molar-refractivity contribution in [2.24, 2.45) is 5.92 Å². The quantitative estimate of drug-likeness (QED) is 0.803. The Morgan fingerprint density at radius 3 is 2.32 bits per heavy atom. The molecule has 0 aromatic heterocycles. The summed E-state index contributed by atoms with van der Waals surface area (Å²) in [6, 6.07) is -1.75. The molecule has 0 unspecified atom stereocenters. The number of carbonyl (C=O) groups is 3. The Bertz CT molecular complexity index is 442. The van der Waals surface area contributed by atoms with E-state index < -0.39 is 35.7 Å². The molecule has 126 valence electrons. The van der Waals surface area contributed by atoms with Gasteiger partial charge in [-0.3, -0.25) is 4.79 Å². The Morgan fingerprint density at radius 2 is 1.86 bits per heavy atom. The molecule has 7 nitrogen and oxygen atoms in total. The fraction of sp³-hybridized carbons (Fsp3) is 0.800. The highest BCUT2D eigenvalue weighted by atomic mass is 16.6. The first-order valence-electron chi connectivity index (χ1n) is 7.54. The molecule has 1 heterocycles. The summed E-state index contributed by atoms with van der Waals surface area (Å²) < 4.78 is 5.16. The van der Waals surface area contributed by atoms with Crippen LogP contribution < -0.4 is 10.4 Å². The van der Waals surface area contributed by atoms with Crippen LogP contribution in [0.2, 0.25) is 0 Å². The summed E-state index contributed by atoms with van der Waals surface area (Å²) in [6.45, 7) is 9.10. The number of nitrogens with zero attached hydrogens (tertiary/aromatic N) is 1. The molecule has 0 aromatic carbocycles. The van der Waals surface area contributed by atoms with Crippen LogP contribution in [0.25, 0.3) is 0 Å². The smallest absolute Gasteiger partial charge is 0.408 e. The highest BCUT2D eigenvalue weighted by Gasteiger charge is 2.36. The van der Waals surface area contributed by atoms with Crippen molar-refractivity contribution in [2.45, 2.75) is 65.1 Å². The molecule has 0 bridgehead atoms. The zero-order valence-corrected chi connectivity index (χ0v) is 13.8. The number of rotatable bonds is 4. The van der Waals surface area contributed by atoms with Gasteiger partial charge < -0.3 is 24.9 Å². The Hall–Kier alpha value is -1.79. The molecular weight excluding hydrogens is 288 g/mol. The molecule has 1 aliphatic rings. The zero-order valence-electron chi connectivity index (χ0n) is 13.8. The number of likely N-dealkylation sites (tertiary alicyclic amines) is 1. The minimum absolute atomic E-state index is 0.192. The molecule has 1 rings (SSSR count). The van der Waals surface area contributed by atoms with Gasteiger partial charge in [0.2, 0.25) is 5.91 Å². The molecule has 1 aliphatic heterocycles. The normalized spacial score (nSPS) is 19.9. The van der Waals surface area contributed by atoms with Gasteiger partial charge in [0.25, 0.3) is 0 Å². The molecule has 1 saturated heterocycles. The number of ether oxygens (including phenoxy) is 1. The van der Waals surface area contributed by atoms with Crippen LogP contribution in [0.15, 0.2) is 0 Å². The Labute approximate surface area is 131 Å². The molecule has 0 aliphatic carbocycles. The SMILES string of the molecule is CC(C)[C@H](NC(=O)OC(C)(C)C)C(=O)N1CCC[C@@H]1C(=O)[O-]. The highest BCUT2D eigenvalue weighted by molar-refractivity contribution is 5.89. The van der Waals surface area contributed by atoms with Crippen LogP contribution >= 0.6 is 0 Å². The topological polar surface area (TPSA) is 98.8 Å².